The molecule has 1 nitrogen and oxygen atoms in total. The van der Waals surface area contributed by atoms with Gasteiger partial charge < -0.3 is 5.11 Å². The average molecular weight is 246 g/mol. The second-order valence-corrected chi connectivity index (χ2v) is 7.22. The topological polar surface area (TPSA) is 20.2 Å². The molecule has 0 aliphatic heterocycles. The molecule has 0 aliphatic carbocycles. The Labute approximate surface area is 112 Å². The Bertz CT molecular complexity index is 428. The van der Waals surface area contributed by atoms with E-state index in [2.05, 4.69) is 47.6 Å². The van der Waals surface area contributed by atoms with Gasteiger partial charge in [-0.3, -0.25) is 0 Å². The number of phenolic OH excluding ortho intramolecular Hbond substituents is 1. The van der Waals surface area contributed by atoms with Crippen LogP contribution < -0.4 is 0 Å². The highest BCUT2D eigenvalue weighted by Crippen LogP contribution is 2.37. The van der Waals surface area contributed by atoms with Gasteiger partial charge in [-0.05, 0) is 23.3 Å². The van der Waals surface area contributed by atoms with Crippen LogP contribution in [-0.2, 0) is 0 Å². The molecule has 0 amide bonds. The molecule has 0 saturated carbocycles. The van der Waals surface area contributed by atoms with Gasteiger partial charge in [0.05, 0.1) is 0 Å². The number of rotatable bonds is 2. The van der Waals surface area contributed by atoms with Crippen LogP contribution in [0.15, 0.2) is 29.8 Å². The molecule has 0 radical (unpaired) electrons. The fraction of sp³-hybridized carbons (Fsp3) is 0.529. The van der Waals surface area contributed by atoms with Crippen molar-refractivity contribution in [3.63, 3.8) is 0 Å². The molecular formula is C17H26O. The van der Waals surface area contributed by atoms with E-state index in [1.807, 2.05) is 18.2 Å². The number of allylic oxidation sites excluding steroid dienone is 1. The highest BCUT2D eigenvalue weighted by Gasteiger charge is 2.22. The third-order valence-electron chi connectivity index (χ3n) is 2.95. The zero-order chi connectivity index (χ0) is 14.0. The van der Waals surface area contributed by atoms with Gasteiger partial charge in [0.25, 0.3) is 0 Å². The summed E-state index contributed by atoms with van der Waals surface area (Å²) in [6, 6.07) is 7.52. The summed E-state index contributed by atoms with van der Waals surface area (Å²) in [7, 11) is 0. The van der Waals surface area contributed by atoms with E-state index in [1.165, 1.54) is 5.57 Å². The van der Waals surface area contributed by atoms with Gasteiger partial charge in [-0.15, -0.1) is 0 Å². The van der Waals surface area contributed by atoms with Gasteiger partial charge in [-0.2, -0.15) is 0 Å². The molecule has 0 spiro atoms. The van der Waals surface area contributed by atoms with Crippen molar-refractivity contribution in [2.45, 2.75) is 48.0 Å². The number of para-hydroxylation sites is 1. The van der Waals surface area contributed by atoms with Crippen LogP contribution in [0, 0.1) is 10.8 Å². The van der Waals surface area contributed by atoms with Crippen molar-refractivity contribution in [1.29, 1.82) is 0 Å². The Hall–Kier alpha value is -1.24. The molecule has 100 valence electrons. The highest BCUT2D eigenvalue weighted by atomic mass is 16.3. The van der Waals surface area contributed by atoms with Crippen molar-refractivity contribution in [3.05, 3.63) is 35.4 Å². The van der Waals surface area contributed by atoms with Crippen LogP contribution in [0.3, 0.4) is 0 Å². The molecule has 1 aromatic rings. The minimum atomic E-state index is 0.121. The Morgan fingerprint density at radius 2 is 1.61 bits per heavy atom. The summed E-state index contributed by atoms with van der Waals surface area (Å²) < 4.78 is 0. The predicted octanol–water partition coefficient (Wildman–Crippen LogP) is 5.26. The van der Waals surface area contributed by atoms with E-state index >= 15 is 0 Å². The molecule has 0 unspecified atom stereocenters. The third-order valence-corrected chi connectivity index (χ3v) is 2.95. The number of aromatic hydroxyl groups is 1. The van der Waals surface area contributed by atoms with E-state index in [1.54, 1.807) is 6.07 Å². The van der Waals surface area contributed by atoms with E-state index in [9.17, 15) is 5.11 Å². The van der Waals surface area contributed by atoms with Gasteiger partial charge >= 0.3 is 0 Å². The van der Waals surface area contributed by atoms with Crippen molar-refractivity contribution in [2.75, 3.05) is 0 Å². The quantitative estimate of drug-likeness (QED) is 0.754. The summed E-state index contributed by atoms with van der Waals surface area (Å²) in [6.07, 6.45) is 3.17. The molecule has 18 heavy (non-hydrogen) atoms. The predicted molar refractivity (Wildman–Crippen MR) is 79.6 cm³/mol. The van der Waals surface area contributed by atoms with Crippen LogP contribution in [0.4, 0.5) is 0 Å². The Morgan fingerprint density at radius 3 is 2.06 bits per heavy atom. The lowest BCUT2D eigenvalue weighted by atomic mass is 9.76. The van der Waals surface area contributed by atoms with E-state index < -0.39 is 0 Å². The molecule has 1 aromatic carbocycles. The maximum Gasteiger partial charge on any atom is 0.122 e. The fourth-order valence-corrected chi connectivity index (χ4v) is 1.90. The molecule has 0 fully saturated rings. The molecule has 0 aliphatic rings. The first-order valence-corrected chi connectivity index (χ1v) is 6.59. The summed E-state index contributed by atoms with van der Waals surface area (Å²) in [4.78, 5) is 0. The monoisotopic (exact) mass is 246 g/mol. The first-order chi connectivity index (χ1) is 8.09. The largest absolute Gasteiger partial charge is 0.507 e. The molecular weight excluding hydrogens is 220 g/mol. The minimum absolute atomic E-state index is 0.121. The van der Waals surface area contributed by atoms with Gasteiger partial charge in [0.15, 0.2) is 0 Å². The first kappa shape index (κ1) is 14.8. The highest BCUT2D eigenvalue weighted by molar-refractivity contribution is 5.60. The molecule has 0 heterocycles. The standard InChI is InChI=1S/C17H26O/c1-16(2,3)12-14(17(4,5)6)11-13-9-7-8-10-15(13)18/h7-11,18H,12H2,1-6H3. The fourth-order valence-electron chi connectivity index (χ4n) is 1.90. The zero-order valence-corrected chi connectivity index (χ0v) is 12.5. The van der Waals surface area contributed by atoms with E-state index in [0.29, 0.717) is 5.75 Å². The Balaban J connectivity index is 3.16. The van der Waals surface area contributed by atoms with Crippen LogP contribution in [0.2, 0.25) is 0 Å². The van der Waals surface area contributed by atoms with Crippen molar-refractivity contribution in [1.82, 2.24) is 0 Å². The SMILES string of the molecule is CC(C)(C)CC(=Cc1ccccc1O)C(C)(C)C. The van der Waals surface area contributed by atoms with Gasteiger partial charge in [0.1, 0.15) is 5.75 Å². The van der Waals surface area contributed by atoms with Crippen molar-refractivity contribution < 1.29 is 5.11 Å². The summed E-state index contributed by atoms with van der Waals surface area (Å²) >= 11 is 0. The lowest BCUT2D eigenvalue weighted by molar-refractivity contribution is 0.361. The van der Waals surface area contributed by atoms with Gasteiger partial charge in [-0.25, -0.2) is 0 Å². The second kappa shape index (κ2) is 5.17. The zero-order valence-electron chi connectivity index (χ0n) is 12.5. The molecule has 0 atom stereocenters. The summed E-state index contributed by atoms with van der Waals surface area (Å²) in [6.45, 7) is 13.4. The van der Waals surface area contributed by atoms with Gasteiger partial charge in [-0.1, -0.05) is 71.4 Å². The molecule has 1 rings (SSSR count). The van der Waals surface area contributed by atoms with E-state index in [4.69, 9.17) is 0 Å². The Kier molecular flexibility index (Phi) is 4.26. The number of benzene rings is 1. The molecule has 0 saturated heterocycles. The summed E-state index contributed by atoms with van der Waals surface area (Å²) in [5.41, 5.74) is 2.65. The number of phenols is 1. The summed E-state index contributed by atoms with van der Waals surface area (Å²) in [5, 5.41) is 9.88. The minimum Gasteiger partial charge on any atom is -0.507 e. The average Bonchev–Trinajstić information content (AvgIpc) is 2.17. The lowest BCUT2D eigenvalue weighted by Crippen LogP contribution is -2.16. The van der Waals surface area contributed by atoms with E-state index in [-0.39, 0.29) is 10.8 Å². The maximum atomic E-state index is 9.88. The second-order valence-electron chi connectivity index (χ2n) is 7.22. The Morgan fingerprint density at radius 1 is 1.06 bits per heavy atom. The van der Waals surface area contributed by atoms with E-state index in [0.717, 1.165) is 12.0 Å². The maximum absolute atomic E-state index is 9.88. The lowest BCUT2D eigenvalue weighted by Gasteiger charge is -2.29. The molecule has 0 bridgehead atoms. The number of hydrogen-bond acceptors (Lipinski definition) is 1. The molecule has 1 N–H and O–H groups in total. The van der Waals surface area contributed by atoms with Crippen LogP contribution in [0.1, 0.15) is 53.5 Å². The molecule has 0 aromatic heterocycles. The van der Waals surface area contributed by atoms with Crippen molar-refractivity contribution in [3.8, 4) is 5.75 Å². The van der Waals surface area contributed by atoms with Crippen LogP contribution in [0.25, 0.3) is 6.08 Å². The van der Waals surface area contributed by atoms with Gasteiger partial charge in [0.2, 0.25) is 0 Å². The smallest absolute Gasteiger partial charge is 0.122 e. The van der Waals surface area contributed by atoms with Crippen LogP contribution in [0.5, 0.6) is 5.75 Å². The van der Waals surface area contributed by atoms with Crippen LogP contribution in [-0.4, -0.2) is 5.11 Å². The van der Waals surface area contributed by atoms with Crippen molar-refractivity contribution in [2.24, 2.45) is 10.8 Å². The molecule has 1 heteroatoms. The number of hydrogen-bond donors (Lipinski definition) is 1. The van der Waals surface area contributed by atoms with Crippen molar-refractivity contribution >= 4 is 6.08 Å². The van der Waals surface area contributed by atoms with Crippen LogP contribution >= 0.6 is 0 Å². The third kappa shape index (κ3) is 4.56. The first-order valence-electron chi connectivity index (χ1n) is 6.59. The normalized spacial score (nSPS) is 13.8. The summed E-state index contributed by atoms with van der Waals surface area (Å²) in [5.74, 6) is 0.355. The van der Waals surface area contributed by atoms with Gasteiger partial charge in [0, 0.05) is 5.56 Å².